The molecule has 2 nitrogen and oxygen atoms in total. The Bertz CT molecular complexity index is 995. The summed E-state index contributed by atoms with van der Waals surface area (Å²) in [6.45, 7) is 0. The standard InChI is InChI=1S/C20H13ClN2S/c21-16-6-3-4-13(11-16)10-15(12-22)20-23-19-17-7-2-1-5-14(17)8-9-18(19)24-20/h1-7,10-11H,8-9H2/b15-10-. The maximum Gasteiger partial charge on any atom is 0.134 e. The van der Waals surface area contributed by atoms with Crippen molar-refractivity contribution in [2.24, 2.45) is 0 Å². The second kappa shape index (κ2) is 6.24. The number of allylic oxidation sites excluding steroid dienone is 1. The highest BCUT2D eigenvalue weighted by Crippen LogP contribution is 2.38. The van der Waals surface area contributed by atoms with Gasteiger partial charge in [-0.3, -0.25) is 0 Å². The first-order chi connectivity index (χ1) is 11.7. The van der Waals surface area contributed by atoms with Crippen molar-refractivity contribution in [3.05, 3.63) is 74.6 Å². The van der Waals surface area contributed by atoms with Crippen LogP contribution in [0.3, 0.4) is 0 Å². The molecule has 0 radical (unpaired) electrons. The highest BCUT2D eigenvalue weighted by Gasteiger charge is 2.21. The van der Waals surface area contributed by atoms with Crippen LogP contribution in [0.4, 0.5) is 0 Å². The number of benzene rings is 2. The molecule has 4 rings (SSSR count). The lowest BCUT2D eigenvalue weighted by Crippen LogP contribution is -2.01. The van der Waals surface area contributed by atoms with Crippen molar-refractivity contribution >= 4 is 34.6 Å². The van der Waals surface area contributed by atoms with E-state index in [9.17, 15) is 5.26 Å². The molecule has 0 saturated carbocycles. The Balaban J connectivity index is 1.78. The second-order valence-corrected chi connectivity index (χ2v) is 7.19. The fourth-order valence-corrected chi connectivity index (χ4v) is 4.21. The van der Waals surface area contributed by atoms with Crippen molar-refractivity contribution in [1.82, 2.24) is 4.98 Å². The van der Waals surface area contributed by atoms with E-state index < -0.39 is 0 Å². The topological polar surface area (TPSA) is 36.7 Å². The smallest absolute Gasteiger partial charge is 0.134 e. The number of fused-ring (bicyclic) bond motifs is 3. The first kappa shape index (κ1) is 15.1. The molecule has 1 aliphatic rings. The van der Waals surface area contributed by atoms with Gasteiger partial charge in [0.15, 0.2) is 0 Å². The van der Waals surface area contributed by atoms with E-state index >= 15 is 0 Å². The molecular formula is C20H13ClN2S. The third kappa shape index (κ3) is 2.75. The van der Waals surface area contributed by atoms with Crippen LogP contribution < -0.4 is 0 Å². The normalized spacial score (nSPS) is 13.1. The van der Waals surface area contributed by atoms with Crippen LogP contribution in [-0.2, 0) is 12.8 Å². The molecule has 0 atom stereocenters. The average molecular weight is 349 g/mol. The summed E-state index contributed by atoms with van der Waals surface area (Å²) in [5, 5.41) is 11.0. The van der Waals surface area contributed by atoms with Crippen LogP contribution >= 0.6 is 22.9 Å². The lowest BCUT2D eigenvalue weighted by Gasteiger charge is -2.13. The van der Waals surface area contributed by atoms with E-state index in [0.29, 0.717) is 10.6 Å². The minimum absolute atomic E-state index is 0.578. The van der Waals surface area contributed by atoms with Crippen molar-refractivity contribution in [3.8, 4) is 17.3 Å². The molecule has 116 valence electrons. The van der Waals surface area contributed by atoms with Crippen LogP contribution in [0.1, 0.15) is 21.0 Å². The Labute approximate surface area is 149 Å². The number of halogens is 1. The van der Waals surface area contributed by atoms with E-state index in [0.717, 1.165) is 29.1 Å². The Hall–Kier alpha value is -2.41. The maximum absolute atomic E-state index is 9.58. The summed E-state index contributed by atoms with van der Waals surface area (Å²) in [6, 6.07) is 18.2. The summed E-state index contributed by atoms with van der Waals surface area (Å²) in [7, 11) is 0. The minimum Gasteiger partial charge on any atom is -0.235 e. The number of hydrogen-bond donors (Lipinski definition) is 0. The lowest BCUT2D eigenvalue weighted by molar-refractivity contribution is 0.955. The number of hydrogen-bond acceptors (Lipinski definition) is 3. The summed E-state index contributed by atoms with van der Waals surface area (Å²) >= 11 is 7.65. The average Bonchev–Trinajstić information content (AvgIpc) is 3.04. The molecule has 0 fully saturated rings. The number of nitrogens with zero attached hydrogens (tertiary/aromatic N) is 2. The van der Waals surface area contributed by atoms with Gasteiger partial charge in [0.25, 0.3) is 0 Å². The molecule has 1 aromatic heterocycles. The van der Waals surface area contributed by atoms with Crippen LogP contribution in [0.25, 0.3) is 22.9 Å². The molecule has 0 amide bonds. The van der Waals surface area contributed by atoms with Gasteiger partial charge in [0.2, 0.25) is 0 Å². The molecule has 24 heavy (non-hydrogen) atoms. The first-order valence-corrected chi connectivity index (χ1v) is 8.90. The SMILES string of the molecule is N#C/C(=C/c1cccc(Cl)c1)c1nc2c(s1)CCc1ccccc1-2. The minimum atomic E-state index is 0.578. The molecule has 3 aromatic rings. The van der Waals surface area contributed by atoms with Crippen LogP contribution in [0, 0.1) is 11.3 Å². The molecule has 0 spiro atoms. The molecule has 4 heteroatoms. The zero-order valence-electron chi connectivity index (χ0n) is 12.8. The number of nitriles is 1. The molecule has 1 aliphatic carbocycles. The van der Waals surface area contributed by atoms with E-state index in [1.807, 2.05) is 36.4 Å². The van der Waals surface area contributed by atoms with Gasteiger partial charge in [-0.2, -0.15) is 5.26 Å². The van der Waals surface area contributed by atoms with Crippen molar-refractivity contribution < 1.29 is 0 Å². The predicted octanol–water partition coefficient (Wildman–Crippen LogP) is 5.63. The third-order valence-corrected chi connectivity index (χ3v) is 5.49. The molecule has 0 N–H and O–H groups in total. The highest BCUT2D eigenvalue weighted by atomic mass is 35.5. The Kier molecular flexibility index (Phi) is 3.93. The number of aryl methyl sites for hydroxylation is 2. The van der Waals surface area contributed by atoms with E-state index in [-0.39, 0.29) is 0 Å². The predicted molar refractivity (Wildman–Crippen MR) is 99.9 cm³/mol. The van der Waals surface area contributed by atoms with Gasteiger partial charge in [-0.1, -0.05) is 48.0 Å². The fraction of sp³-hybridized carbons (Fsp3) is 0.100. The third-order valence-electron chi connectivity index (χ3n) is 4.10. The fourth-order valence-electron chi connectivity index (χ4n) is 2.97. The van der Waals surface area contributed by atoms with Gasteiger partial charge < -0.3 is 0 Å². The van der Waals surface area contributed by atoms with Crippen molar-refractivity contribution in [1.29, 1.82) is 5.26 Å². The molecule has 1 heterocycles. The summed E-state index contributed by atoms with van der Waals surface area (Å²) in [5.41, 5.74) is 5.05. The number of aromatic nitrogens is 1. The first-order valence-electron chi connectivity index (χ1n) is 7.70. The summed E-state index contributed by atoms with van der Waals surface area (Å²) in [6.07, 6.45) is 3.87. The number of thiazole rings is 1. The lowest BCUT2D eigenvalue weighted by atomic mass is 9.94. The Morgan fingerprint density at radius 2 is 2.04 bits per heavy atom. The van der Waals surface area contributed by atoms with E-state index in [1.54, 1.807) is 11.3 Å². The van der Waals surface area contributed by atoms with Crippen LogP contribution in [-0.4, -0.2) is 4.98 Å². The van der Waals surface area contributed by atoms with E-state index in [2.05, 4.69) is 24.3 Å². The zero-order valence-corrected chi connectivity index (χ0v) is 14.4. The second-order valence-electron chi connectivity index (χ2n) is 5.67. The summed E-state index contributed by atoms with van der Waals surface area (Å²) < 4.78 is 0. The van der Waals surface area contributed by atoms with Gasteiger partial charge in [-0.15, -0.1) is 11.3 Å². The van der Waals surface area contributed by atoms with E-state index in [4.69, 9.17) is 16.6 Å². The largest absolute Gasteiger partial charge is 0.235 e. The van der Waals surface area contributed by atoms with Crippen LogP contribution in [0.2, 0.25) is 5.02 Å². The maximum atomic E-state index is 9.58. The molecule has 0 aliphatic heterocycles. The molecule has 0 saturated heterocycles. The summed E-state index contributed by atoms with van der Waals surface area (Å²) in [5.74, 6) is 0. The van der Waals surface area contributed by atoms with Crippen molar-refractivity contribution in [3.63, 3.8) is 0 Å². The van der Waals surface area contributed by atoms with Gasteiger partial charge in [0, 0.05) is 15.5 Å². The molecular weight excluding hydrogens is 336 g/mol. The van der Waals surface area contributed by atoms with Crippen molar-refractivity contribution in [2.75, 3.05) is 0 Å². The quantitative estimate of drug-likeness (QED) is 0.563. The van der Waals surface area contributed by atoms with E-state index in [1.165, 1.54) is 16.0 Å². The molecule has 0 bridgehead atoms. The van der Waals surface area contributed by atoms with Gasteiger partial charge in [0.05, 0.1) is 11.3 Å². The van der Waals surface area contributed by atoms with Crippen molar-refractivity contribution in [2.45, 2.75) is 12.8 Å². The number of rotatable bonds is 2. The molecule has 2 aromatic carbocycles. The monoisotopic (exact) mass is 348 g/mol. The Morgan fingerprint density at radius 3 is 2.88 bits per heavy atom. The zero-order chi connectivity index (χ0) is 16.5. The summed E-state index contributed by atoms with van der Waals surface area (Å²) in [4.78, 5) is 6.04. The molecule has 0 unspecified atom stereocenters. The van der Waals surface area contributed by atoms with Crippen LogP contribution in [0.15, 0.2) is 48.5 Å². The highest BCUT2D eigenvalue weighted by molar-refractivity contribution is 7.13. The van der Waals surface area contributed by atoms with Gasteiger partial charge in [-0.05, 0) is 42.2 Å². The van der Waals surface area contributed by atoms with Gasteiger partial charge >= 0.3 is 0 Å². The Morgan fingerprint density at radius 1 is 1.17 bits per heavy atom. The van der Waals surface area contributed by atoms with Gasteiger partial charge in [0.1, 0.15) is 11.1 Å². The van der Waals surface area contributed by atoms with Crippen LogP contribution in [0.5, 0.6) is 0 Å². The van der Waals surface area contributed by atoms with Gasteiger partial charge in [-0.25, -0.2) is 4.98 Å².